The van der Waals surface area contributed by atoms with Gasteiger partial charge in [-0.05, 0) is 30.2 Å². The molecule has 1 aromatic heterocycles. The molecule has 18 heavy (non-hydrogen) atoms. The highest BCUT2D eigenvalue weighted by atomic mass is 32.2. The van der Waals surface area contributed by atoms with Gasteiger partial charge in [-0.25, -0.2) is 8.42 Å². The molecular formula is C12H19NO3S2. The lowest BCUT2D eigenvalue weighted by atomic mass is 9.85. The van der Waals surface area contributed by atoms with E-state index in [4.69, 9.17) is 0 Å². The number of aliphatic hydroxyl groups is 1. The van der Waals surface area contributed by atoms with Crippen molar-refractivity contribution >= 4 is 21.4 Å². The lowest BCUT2D eigenvalue weighted by molar-refractivity contribution is 0.249. The summed E-state index contributed by atoms with van der Waals surface area (Å²) in [7, 11) is -3.44. The second kappa shape index (κ2) is 5.69. The van der Waals surface area contributed by atoms with E-state index in [1.807, 2.05) is 6.92 Å². The number of nitrogens with zero attached hydrogens (tertiary/aromatic N) is 1. The second-order valence-electron chi connectivity index (χ2n) is 4.62. The van der Waals surface area contributed by atoms with Crippen LogP contribution >= 0.6 is 11.3 Å². The van der Waals surface area contributed by atoms with Crippen LogP contribution in [0.25, 0.3) is 0 Å². The monoisotopic (exact) mass is 289 g/mol. The van der Waals surface area contributed by atoms with Crippen molar-refractivity contribution in [3.05, 3.63) is 16.3 Å². The van der Waals surface area contributed by atoms with E-state index in [1.54, 1.807) is 11.4 Å². The zero-order valence-electron chi connectivity index (χ0n) is 10.5. The van der Waals surface area contributed by atoms with Gasteiger partial charge in [0, 0.05) is 18.0 Å². The molecule has 0 bridgehead atoms. The van der Waals surface area contributed by atoms with E-state index in [-0.39, 0.29) is 11.5 Å². The van der Waals surface area contributed by atoms with Gasteiger partial charge in [-0.2, -0.15) is 4.31 Å². The van der Waals surface area contributed by atoms with Gasteiger partial charge in [0.1, 0.15) is 0 Å². The molecule has 6 heteroatoms. The first-order valence-corrected chi connectivity index (χ1v) is 8.59. The normalized spacial score (nSPS) is 17.1. The zero-order chi connectivity index (χ0) is 13.2. The van der Waals surface area contributed by atoms with Crippen LogP contribution in [0.5, 0.6) is 0 Å². The SMILES string of the molecule is CCN(CC1CCC1)S(=O)(=O)c1ccsc1CO. The van der Waals surface area contributed by atoms with Crippen LogP contribution in [0.2, 0.25) is 0 Å². The third-order valence-electron chi connectivity index (χ3n) is 3.51. The Morgan fingerprint density at radius 2 is 2.22 bits per heavy atom. The van der Waals surface area contributed by atoms with Crippen molar-refractivity contribution in [1.29, 1.82) is 0 Å². The third-order valence-corrected chi connectivity index (χ3v) is 6.57. The summed E-state index contributed by atoms with van der Waals surface area (Å²) in [5.41, 5.74) is 0. The van der Waals surface area contributed by atoms with E-state index in [0.29, 0.717) is 23.9 Å². The summed E-state index contributed by atoms with van der Waals surface area (Å²) in [6.45, 7) is 2.74. The Labute approximate surface area is 112 Å². The Hall–Kier alpha value is -0.430. The highest BCUT2D eigenvalue weighted by Gasteiger charge is 2.30. The standard InChI is InChI=1S/C12H19NO3S2/c1-2-13(8-10-4-3-5-10)18(15,16)12-6-7-17-11(12)9-14/h6-7,10,14H,2-5,8-9H2,1H3. The van der Waals surface area contributed by atoms with Crippen LogP contribution in [0.3, 0.4) is 0 Å². The summed E-state index contributed by atoms with van der Waals surface area (Å²) in [6.07, 6.45) is 3.47. The Bertz CT molecular complexity index is 491. The number of hydrogen-bond acceptors (Lipinski definition) is 4. The molecule has 0 aromatic carbocycles. The summed E-state index contributed by atoms with van der Waals surface area (Å²) in [5.74, 6) is 0.510. The molecule has 1 saturated carbocycles. The number of sulfonamides is 1. The first-order valence-electron chi connectivity index (χ1n) is 6.27. The molecule has 0 radical (unpaired) electrons. The zero-order valence-corrected chi connectivity index (χ0v) is 12.1. The van der Waals surface area contributed by atoms with Crippen LogP contribution in [-0.4, -0.2) is 30.9 Å². The van der Waals surface area contributed by atoms with Crippen molar-refractivity contribution in [2.75, 3.05) is 13.1 Å². The maximum Gasteiger partial charge on any atom is 0.244 e. The van der Waals surface area contributed by atoms with Crippen LogP contribution < -0.4 is 0 Å². The molecule has 1 heterocycles. The van der Waals surface area contributed by atoms with Crippen LogP contribution in [-0.2, 0) is 16.6 Å². The molecule has 0 saturated heterocycles. The van der Waals surface area contributed by atoms with E-state index in [1.165, 1.54) is 22.1 Å². The Kier molecular flexibility index (Phi) is 4.42. The van der Waals surface area contributed by atoms with Crippen molar-refractivity contribution in [2.45, 2.75) is 37.7 Å². The molecule has 102 valence electrons. The Morgan fingerprint density at radius 3 is 2.72 bits per heavy atom. The third kappa shape index (κ3) is 2.61. The number of hydrogen-bond donors (Lipinski definition) is 1. The molecule has 1 aliphatic carbocycles. The van der Waals surface area contributed by atoms with Crippen LogP contribution in [0.4, 0.5) is 0 Å². The molecule has 0 spiro atoms. The second-order valence-corrected chi connectivity index (χ2v) is 7.53. The molecule has 4 nitrogen and oxygen atoms in total. The molecule has 0 amide bonds. The Balaban J connectivity index is 2.21. The van der Waals surface area contributed by atoms with Gasteiger partial charge in [-0.1, -0.05) is 13.3 Å². The first-order chi connectivity index (χ1) is 8.59. The quantitative estimate of drug-likeness (QED) is 0.872. The smallest absolute Gasteiger partial charge is 0.244 e. The summed E-state index contributed by atoms with van der Waals surface area (Å²) < 4.78 is 26.5. The fourth-order valence-corrected chi connectivity index (χ4v) is 4.96. The van der Waals surface area contributed by atoms with Gasteiger partial charge < -0.3 is 5.11 Å². The van der Waals surface area contributed by atoms with Crippen molar-refractivity contribution < 1.29 is 13.5 Å². The minimum atomic E-state index is -3.44. The highest BCUT2D eigenvalue weighted by molar-refractivity contribution is 7.89. The lowest BCUT2D eigenvalue weighted by Gasteiger charge is -2.31. The fourth-order valence-electron chi connectivity index (χ4n) is 2.17. The maximum absolute atomic E-state index is 12.5. The number of thiophene rings is 1. The summed E-state index contributed by atoms with van der Waals surface area (Å²) in [6, 6.07) is 1.59. The molecular weight excluding hydrogens is 270 g/mol. The maximum atomic E-state index is 12.5. The summed E-state index contributed by atoms with van der Waals surface area (Å²) in [5, 5.41) is 10.9. The summed E-state index contributed by atoms with van der Waals surface area (Å²) >= 11 is 1.29. The molecule has 0 aliphatic heterocycles. The molecule has 0 atom stereocenters. The molecule has 1 fully saturated rings. The van der Waals surface area contributed by atoms with Crippen LogP contribution in [0.1, 0.15) is 31.1 Å². The van der Waals surface area contributed by atoms with Crippen molar-refractivity contribution in [3.8, 4) is 0 Å². The lowest BCUT2D eigenvalue weighted by Crippen LogP contribution is -2.37. The van der Waals surface area contributed by atoms with Crippen molar-refractivity contribution in [2.24, 2.45) is 5.92 Å². The van der Waals surface area contributed by atoms with Gasteiger partial charge >= 0.3 is 0 Å². The van der Waals surface area contributed by atoms with E-state index in [9.17, 15) is 13.5 Å². The Morgan fingerprint density at radius 1 is 1.50 bits per heavy atom. The van der Waals surface area contributed by atoms with Gasteiger partial charge in [0.15, 0.2) is 0 Å². The minimum absolute atomic E-state index is 0.215. The van der Waals surface area contributed by atoms with E-state index >= 15 is 0 Å². The van der Waals surface area contributed by atoms with E-state index in [0.717, 1.165) is 12.8 Å². The van der Waals surface area contributed by atoms with Crippen LogP contribution in [0.15, 0.2) is 16.3 Å². The minimum Gasteiger partial charge on any atom is -0.391 e. The van der Waals surface area contributed by atoms with Gasteiger partial charge in [-0.3, -0.25) is 0 Å². The number of aliphatic hydroxyl groups excluding tert-OH is 1. The molecule has 0 unspecified atom stereocenters. The van der Waals surface area contributed by atoms with Gasteiger partial charge in [0.05, 0.1) is 11.5 Å². The summed E-state index contributed by atoms with van der Waals surface area (Å²) in [4.78, 5) is 0.804. The highest BCUT2D eigenvalue weighted by Crippen LogP contribution is 2.30. The van der Waals surface area contributed by atoms with Gasteiger partial charge in [0.2, 0.25) is 10.0 Å². The molecule has 1 N–H and O–H groups in total. The average molecular weight is 289 g/mol. The largest absolute Gasteiger partial charge is 0.391 e. The predicted molar refractivity (Wildman–Crippen MR) is 72.0 cm³/mol. The van der Waals surface area contributed by atoms with E-state index < -0.39 is 10.0 Å². The van der Waals surface area contributed by atoms with Crippen molar-refractivity contribution in [1.82, 2.24) is 4.31 Å². The molecule has 1 aliphatic rings. The predicted octanol–water partition coefficient (Wildman–Crippen LogP) is 2.05. The number of rotatable bonds is 6. The fraction of sp³-hybridized carbons (Fsp3) is 0.667. The average Bonchev–Trinajstić information content (AvgIpc) is 2.76. The molecule has 1 aromatic rings. The molecule has 2 rings (SSSR count). The first kappa shape index (κ1) is 14.0. The van der Waals surface area contributed by atoms with Gasteiger partial charge in [-0.15, -0.1) is 11.3 Å². The van der Waals surface area contributed by atoms with E-state index in [2.05, 4.69) is 0 Å². The topological polar surface area (TPSA) is 57.6 Å². The van der Waals surface area contributed by atoms with Crippen LogP contribution in [0, 0.1) is 5.92 Å². The van der Waals surface area contributed by atoms with Gasteiger partial charge in [0.25, 0.3) is 0 Å². The van der Waals surface area contributed by atoms with Crippen molar-refractivity contribution in [3.63, 3.8) is 0 Å².